The summed E-state index contributed by atoms with van der Waals surface area (Å²) >= 11 is 0. The second-order valence-electron chi connectivity index (χ2n) is 9.84. The van der Waals surface area contributed by atoms with Crippen molar-refractivity contribution in [1.82, 2.24) is 19.9 Å². The number of nitrogens with one attached hydrogen (secondary N) is 2. The molecule has 5 heteroatoms. The molecule has 0 aliphatic heterocycles. The van der Waals surface area contributed by atoms with E-state index < -0.39 is 0 Å². The molecular formula is C30H27FN4. The van der Waals surface area contributed by atoms with E-state index in [9.17, 15) is 0 Å². The number of halogens is 1. The van der Waals surface area contributed by atoms with Gasteiger partial charge in [-0.25, -0.2) is 14.4 Å². The first-order chi connectivity index (χ1) is 16.9. The number of fused-ring (bicyclic) bond motifs is 6. The van der Waals surface area contributed by atoms with Crippen LogP contribution in [-0.4, -0.2) is 19.9 Å². The lowest BCUT2D eigenvalue weighted by Crippen LogP contribution is -1.91. The number of benzene rings is 4. The standard InChI is InChI=1S/C30H27FN4/c1-16(2)29-32-15-26(33-29)23-12-10-19(14-25(23)31)18-9-11-22-24(13-18)20-7-5-6-8-21(20)27-28(22)35-30(34-27)17(3)4/h5-17H,1-4H3,(H,32,33)(H,34,35). The quantitative estimate of drug-likeness (QED) is 0.259. The highest BCUT2D eigenvalue weighted by atomic mass is 19.1. The van der Waals surface area contributed by atoms with Gasteiger partial charge in [0.15, 0.2) is 0 Å². The van der Waals surface area contributed by atoms with Gasteiger partial charge in [-0.05, 0) is 40.1 Å². The van der Waals surface area contributed by atoms with Gasteiger partial charge >= 0.3 is 0 Å². The third kappa shape index (κ3) is 3.50. The monoisotopic (exact) mass is 462 g/mol. The summed E-state index contributed by atoms with van der Waals surface area (Å²) in [4.78, 5) is 16.1. The molecule has 0 aliphatic carbocycles. The Morgan fingerprint density at radius 1 is 0.714 bits per heavy atom. The summed E-state index contributed by atoms with van der Waals surface area (Å²) in [6, 6.07) is 20.1. The van der Waals surface area contributed by atoms with Crippen LogP contribution in [0, 0.1) is 5.82 Å². The van der Waals surface area contributed by atoms with Crippen LogP contribution in [0.3, 0.4) is 0 Å². The molecule has 0 atom stereocenters. The van der Waals surface area contributed by atoms with Crippen LogP contribution in [0.4, 0.5) is 4.39 Å². The molecule has 0 bridgehead atoms. The lowest BCUT2D eigenvalue weighted by molar-refractivity contribution is 0.631. The lowest BCUT2D eigenvalue weighted by atomic mass is 9.95. The van der Waals surface area contributed by atoms with Crippen LogP contribution < -0.4 is 0 Å². The van der Waals surface area contributed by atoms with Crippen molar-refractivity contribution in [3.8, 4) is 22.4 Å². The molecule has 2 aromatic heterocycles. The Bertz CT molecular complexity index is 1720. The van der Waals surface area contributed by atoms with Gasteiger partial charge in [-0.3, -0.25) is 0 Å². The fourth-order valence-electron chi connectivity index (χ4n) is 4.82. The number of aromatic nitrogens is 4. The zero-order valence-electron chi connectivity index (χ0n) is 20.3. The summed E-state index contributed by atoms with van der Waals surface area (Å²) in [6.45, 7) is 8.41. The number of nitrogens with zero attached hydrogens (tertiary/aromatic N) is 2. The minimum absolute atomic E-state index is 0.261. The van der Waals surface area contributed by atoms with Gasteiger partial charge in [-0.1, -0.05) is 70.2 Å². The van der Waals surface area contributed by atoms with Gasteiger partial charge in [0.1, 0.15) is 17.5 Å². The molecule has 2 N–H and O–H groups in total. The van der Waals surface area contributed by atoms with Crippen molar-refractivity contribution in [2.45, 2.75) is 39.5 Å². The summed E-state index contributed by atoms with van der Waals surface area (Å²) in [6.07, 6.45) is 1.71. The Labute approximate surface area is 203 Å². The van der Waals surface area contributed by atoms with Crippen LogP contribution in [0.15, 0.2) is 66.9 Å². The van der Waals surface area contributed by atoms with Crippen LogP contribution in [0.2, 0.25) is 0 Å². The Balaban J connectivity index is 1.51. The molecule has 0 spiro atoms. The van der Waals surface area contributed by atoms with E-state index in [-0.39, 0.29) is 11.7 Å². The minimum atomic E-state index is -0.267. The van der Waals surface area contributed by atoms with Gasteiger partial charge in [-0.2, -0.15) is 0 Å². The topological polar surface area (TPSA) is 57.4 Å². The number of rotatable bonds is 4. The normalized spacial score (nSPS) is 12.1. The van der Waals surface area contributed by atoms with Crippen molar-refractivity contribution in [1.29, 1.82) is 0 Å². The Morgan fingerprint density at radius 2 is 1.43 bits per heavy atom. The van der Waals surface area contributed by atoms with Crippen molar-refractivity contribution in [3.63, 3.8) is 0 Å². The highest BCUT2D eigenvalue weighted by Gasteiger charge is 2.16. The Hall–Kier alpha value is -3.99. The number of imidazole rings is 2. The Morgan fingerprint density at radius 3 is 2.14 bits per heavy atom. The minimum Gasteiger partial charge on any atom is -0.342 e. The Kier molecular flexibility index (Phi) is 4.95. The van der Waals surface area contributed by atoms with E-state index in [1.54, 1.807) is 12.3 Å². The highest BCUT2D eigenvalue weighted by molar-refractivity contribution is 6.23. The first kappa shape index (κ1) is 21.5. The highest BCUT2D eigenvalue weighted by Crippen LogP contribution is 2.37. The molecule has 0 saturated heterocycles. The molecule has 6 rings (SSSR count). The third-order valence-corrected chi connectivity index (χ3v) is 6.77. The number of hydrogen-bond acceptors (Lipinski definition) is 2. The third-order valence-electron chi connectivity index (χ3n) is 6.77. The molecule has 0 amide bonds. The molecule has 0 saturated carbocycles. The van der Waals surface area contributed by atoms with E-state index in [0.29, 0.717) is 17.2 Å². The lowest BCUT2D eigenvalue weighted by Gasteiger charge is -2.10. The second-order valence-corrected chi connectivity index (χ2v) is 9.84. The maximum Gasteiger partial charge on any atom is 0.133 e. The number of hydrogen-bond donors (Lipinski definition) is 2. The van der Waals surface area contributed by atoms with Crippen LogP contribution in [-0.2, 0) is 0 Å². The largest absolute Gasteiger partial charge is 0.342 e. The molecule has 6 aromatic rings. The van der Waals surface area contributed by atoms with Gasteiger partial charge in [0, 0.05) is 28.2 Å². The molecule has 0 aliphatic rings. The first-order valence-corrected chi connectivity index (χ1v) is 12.1. The van der Waals surface area contributed by atoms with Crippen molar-refractivity contribution in [3.05, 3.63) is 84.3 Å². The number of H-pyrrole nitrogens is 2. The van der Waals surface area contributed by atoms with Gasteiger partial charge in [-0.15, -0.1) is 0 Å². The molecule has 35 heavy (non-hydrogen) atoms. The predicted octanol–water partition coefficient (Wildman–Crippen LogP) is 8.31. The molecule has 4 nitrogen and oxygen atoms in total. The maximum absolute atomic E-state index is 15.2. The first-order valence-electron chi connectivity index (χ1n) is 12.1. The smallest absolute Gasteiger partial charge is 0.133 e. The molecule has 174 valence electrons. The summed E-state index contributed by atoms with van der Waals surface area (Å²) in [7, 11) is 0. The fraction of sp³-hybridized carbons (Fsp3) is 0.200. The summed E-state index contributed by atoms with van der Waals surface area (Å²) in [5.41, 5.74) is 5.09. The van der Waals surface area contributed by atoms with E-state index in [1.165, 1.54) is 0 Å². The van der Waals surface area contributed by atoms with Crippen molar-refractivity contribution in [2.75, 3.05) is 0 Å². The summed E-state index contributed by atoms with van der Waals surface area (Å²) in [5.74, 6) is 2.14. The van der Waals surface area contributed by atoms with Gasteiger partial charge < -0.3 is 9.97 Å². The van der Waals surface area contributed by atoms with Crippen LogP contribution in [0.25, 0.3) is 55.0 Å². The van der Waals surface area contributed by atoms with E-state index in [2.05, 4.69) is 85.1 Å². The number of aromatic amines is 2. The summed E-state index contributed by atoms with van der Waals surface area (Å²) < 4.78 is 15.2. The molecule has 0 unspecified atom stereocenters. The molecule has 0 radical (unpaired) electrons. The van der Waals surface area contributed by atoms with Crippen LogP contribution >= 0.6 is 0 Å². The summed E-state index contributed by atoms with van der Waals surface area (Å²) in [5, 5.41) is 4.52. The maximum atomic E-state index is 15.2. The predicted molar refractivity (Wildman–Crippen MR) is 142 cm³/mol. The SMILES string of the molecule is CC(C)c1ncc(-c2ccc(-c3ccc4c(c3)c3ccccc3c3nc(C(C)C)[nH]c43)cc2F)[nH]1. The van der Waals surface area contributed by atoms with Gasteiger partial charge in [0.2, 0.25) is 0 Å². The second kappa shape index (κ2) is 8.05. The van der Waals surface area contributed by atoms with Crippen molar-refractivity contribution >= 4 is 32.6 Å². The van der Waals surface area contributed by atoms with E-state index in [4.69, 9.17) is 4.98 Å². The zero-order chi connectivity index (χ0) is 24.3. The molecule has 4 aromatic carbocycles. The fourth-order valence-corrected chi connectivity index (χ4v) is 4.82. The molecule has 0 fully saturated rings. The average molecular weight is 463 g/mol. The van der Waals surface area contributed by atoms with Crippen LogP contribution in [0.5, 0.6) is 0 Å². The van der Waals surface area contributed by atoms with Crippen molar-refractivity contribution < 1.29 is 4.39 Å². The average Bonchev–Trinajstić information content (AvgIpc) is 3.52. The van der Waals surface area contributed by atoms with E-state index in [1.807, 2.05) is 12.1 Å². The van der Waals surface area contributed by atoms with Crippen molar-refractivity contribution in [2.24, 2.45) is 0 Å². The van der Waals surface area contributed by atoms with Gasteiger partial charge in [0.05, 0.1) is 22.9 Å². The molecular weight excluding hydrogens is 435 g/mol. The van der Waals surface area contributed by atoms with Crippen LogP contribution in [0.1, 0.15) is 51.2 Å². The zero-order valence-corrected chi connectivity index (χ0v) is 20.3. The van der Waals surface area contributed by atoms with E-state index >= 15 is 4.39 Å². The van der Waals surface area contributed by atoms with Gasteiger partial charge in [0.25, 0.3) is 0 Å². The molecule has 2 heterocycles. The van der Waals surface area contributed by atoms with E-state index in [0.717, 1.165) is 55.4 Å².